The fourth-order valence-corrected chi connectivity index (χ4v) is 2.42. The van der Waals surface area contributed by atoms with Crippen molar-refractivity contribution in [3.8, 4) is 23.0 Å². The number of methoxy groups -OCH3 is 2. The predicted octanol–water partition coefficient (Wildman–Crippen LogP) is 5.63. The topological polar surface area (TPSA) is 95.1 Å². The lowest BCUT2D eigenvalue weighted by Gasteiger charge is -2.10. The second-order valence-electron chi connectivity index (χ2n) is 5.96. The number of hydrogen-bond donors (Lipinski definition) is 2. The first-order valence-electron chi connectivity index (χ1n) is 8.91. The van der Waals surface area contributed by atoms with E-state index in [9.17, 15) is 9.59 Å². The predicted molar refractivity (Wildman–Crippen MR) is 112 cm³/mol. The van der Waals surface area contributed by atoms with Crippen molar-refractivity contribution < 1.29 is 28.5 Å². The zero-order valence-electron chi connectivity index (χ0n) is 16.4. The van der Waals surface area contributed by atoms with Gasteiger partial charge in [-0.3, -0.25) is 10.6 Å². The molecular formula is C22H20N2O6. The molecule has 2 N–H and O–H groups in total. The molecule has 0 fully saturated rings. The molecule has 0 aliphatic rings. The number of anilines is 2. The molecular weight excluding hydrogens is 388 g/mol. The smallest absolute Gasteiger partial charge is 0.411 e. The quantitative estimate of drug-likeness (QED) is 0.549. The molecule has 0 unspecified atom stereocenters. The van der Waals surface area contributed by atoms with Crippen molar-refractivity contribution in [1.29, 1.82) is 0 Å². The molecule has 3 rings (SSSR count). The van der Waals surface area contributed by atoms with Crippen LogP contribution in [-0.2, 0) is 9.47 Å². The molecule has 0 saturated carbocycles. The number of ether oxygens (including phenoxy) is 4. The minimum Gasteiger partial charge on any atom is -0.457 e. The summed E-state index contributed by atoms with van der Waals surface area (Å²) >= 11 is 0. The maximum absolute atomic E-state index is 11.2. The Morgan fingerprint density at radius 2 is 1.00 bits per heavy atom. The molecule has 30 heavy (non-hydrogen) atoms. The van der Waals surface area contributed by atoms with Crippen molar-refractivity contribution in [3.63, 3.8) is 0 Å². The lowest BCUT2D eigenvalue weighted by atomic mass is 10.3. The van der Waals surface area contributed by atoms with E-state index in [0.29, 0.717) is 34.4 Å². The Kier molecular flexibility index (Phi) is 6.73. The molecule has 3 aromatic carbocycles. The molecule has 8 nitrogen and oxygen atoms in total. The summed E-state index contributed by atoms with van der Waals surface area (Å²) in [5.41, 5.74) is 1.19. The van der Waals surface area contributed by atoms with E-state index in [1.165, 1.54) is 14.2 Å². The Balaban J connectivity index is 1.62. The molecule has 0 atom stereocenters. The molecule has 0 bridgehead atoms. The Labute approximate surface area is 173 Å². The van der Waals surface area contributed by atoms with Gasteiger partial charge in [-0.25, -0.2) is 9.59 Å². The lowest BCUT2D eigenvalue weighted by Crippen LogP contribution is -2.10. The van der Waals surface area contributed by atoms with Gasteiger partial charge < -0.3 is 18.9 Å². The van der Waals surface area contributed by atoms with Gasteiger partial charge in [0.25, 0.3) is 0 Å². The van der Waals surface area contributed by atoms with Crippen LogP contribution in [-0.4, -0.2) is 26.4 Å². The van der Waals surface area contributed by atoms with Gasteiger partial charge in [0.2, 0.25) is 0 Å². The summed E-state index contributed by atoms with van der Waals surface area (Å²) in [5.74, 6) is 2.37. The Hall–Kier alpha value is -4.20. The molecule has 0 spiro atoms. The Morgan fingerprint density at radius 1 is 0.600 bits per heavy atom. The van der Waals surface area contributed by atoms with Crippen LogP contribution in [0.2, 0.25) is 0 Å². The van der Waals surface area contributed by atoms with Crippen molar-refractivity contribution in [2.24, 2.45) is 0 Å². The van der Waals surface area contributed by atoms with Gasteiger partial charge in [0, 0.05) is 17.4 Å². The normalized spacial score (nSPS) is 9.93. The summed E-state index contributed by atoms with van der Waals surface area (Å²) in [6.07, 6.45) is -1.08. The number of nitrogens with one attached hydrogen (secondary N) is 2. The van der Waals surface area contributed by atoms with Gasteiger partial charge in [-0.1, -0.05) is 6.07 Å². The van der Waals surface area contributed by atoms with Crippen LogP contribution < -0.4 is 20.1 Å². The van der Waals surface area contributed by atoms with Gasteiger partial charge >= 0.3 is 12.2 Å². The van der Waals surface area contributed by atoms with Crippen molar-refractivity contribution in [2.45, 2.75) is 0 Å². The van der Waals surface area contributed by atoms with Gasteiger partial charge in [-0.05, 0) is 60.7 Å². The number of hydrogen-bond acceptors (Lipinski definition) is 6. The first kappa shape index (κ1) is 20.5. The molecule has 2 amide bonds. The summed E-state index contributed by atoms with van der Waals surface area (Å²) in [5, 5.41) is 5.14. The van der Waals surface area contributed by atoms with Crippen molar-refractivity contribution >= 4 is 23.6 Å². The molecule has 154 valence electrons. The van der Waals surface area contributed by atoms with Crippen LogP contribution in [0.25, 0.3) is 0 Å². The van der Waals surface area contributed by atoms with Gasteiger partial charge in [-0.15, -0.1) is 0 Å². The molecule has 3 aromatic rings. The minimum atomic E-state index is -0.539. The van der Waals surface area contributed by atoms with E-state index in [1.807, 2.05) is 6.07 Å². The van der Waals surface area contributed by atoms with Gasteiger partial charge in [-0.2, -0.15) is 0 Å². The molecule has 0 aliphatic carbocycles. The van der Waals surface area contributed by atoms with Gasteiger partial charge in [0.05, 0.1) is 14.2 Å². The summed E-state index contributed by atoms with van der Waals surface area (Å²) in [6, 6.07) is 20.9. The highest BCUT2D eigenvalue weighted by Gasteiger charge is 2.05. The van der Waals surface area contributed by atoms with E-state index < -0.39 is 12.2 Å². The van der Waals surface area contributed by atoms with Crippen molar-refractivity contribution in [3.05, 3.63) is 72.8 Å². The Morgan fingerprint density at radius 3 is 1.37 bits per heavy atom. The third-order valence-corrected chi connectivity index (χ3v) is 3.85. The second kappa shape index (κ2) is 9.83. The Bertz CT molecular complexity index is 924. The minimum absolute atomic E-state index is 0.539. The maximum atomic E-state index is 11.2. The van der Waals surface area contributed by atoms with E-state index in [1.54, 1.807) is 66.7 Å². The highest BCUT2D eigenvalue weighted by molar-refractivity contribution is 5.85. The number of carbonyl (C=O) groups excluding carboxylic acids is 2. The zero-order chi connectivity index (χ0) is 21.3. The third-order valence-electron chi connectivity index (χ3n) is 3.85. The SMILES string of the molecule is COC(=O)Nc1ccc(Oc2cccc(Oc3ccc(NC(=O)OC)cc3)c2)cc1. The van der Waals surface area contributed by atoms with E-state index in [0.717, 1.165) is 0 Å². The summed E-state index contributed by atoms with van der Waals surface area (Å²) in [7, 11) is 2.60. The zero-order valence-corrected chi connectivity index (χ0v) is 16.4. The number of amides is 2. The first-order valence-corrected chi connectivity index (χ1v) is 8.91. The number of carbonyl (C=O) groups is 2. The molecule has 0 heterocycles. The first-order chi connectivity index (χ1) is 14.6. The highest BCUT2D eigenvalue weighted by Crippen LogP contribution is 2.29. The van der Waals surface area contributed by atoms with Crippen LogP contribution in [0.3, 0.4) is 0 Å². The average molecular weight is 408 g/mol. The average Bonchev–Trinajstić information content (AvgIpc) is 2.76. The van der Waals surface area contributed by atoms with Crippen molar-refractivity contribution in [2.75, 3.05) is 24.9 Å². The van der Waals surface area contributed by atoms with Crippen LogP contribution in [0.15, 0.2) is 72.8 Å². The van der Waals surface area contributed by atoms with Gasteiger partial charge in [0.15, 0.2) is 0 Å². The number of rotatable bonds is 6. The summed E-state index contributed by atoms with van der Waals surface area (Å²) in [6.45, 7) is 0. The maximum Gasteiger partial charge on any atom is 0.411 e. The lowest BCUT2D eigenvalue weighted by molar-refractivity contribution is 0.186. The van der Waals surface area contributed by atoms with Gasteiger partial charge in [0.1, 0.15) is 23.0 Å². The van der Waals surface area contributed by atoms with E-state index in [-0.39, 0.29) is 0 Å². The highest BCUT2D eigenvalue weighted by atomic mass is 16.5. The standard InChI is InChI=1S/C22H20N2O6/c1-27-21(25)23-15-6-10-17(11-7-15)29-19-4-3-5-20(14-19)30-18-12-8-16(9-13-18)24-22(26)28-2/h3-14H,1-2H3,(H,23,25)(H,24,26). The number of benzene rings is 3. The van der Waals surface area contributed by atoms with Crippen LogP contribution in [0, 0.1) is 0 Å². The van der Waals surface area contributed by atoms with Crippen LogP contribution in [0.1, 0.15) is 0 Å². The summed E-state index contributed by atoms with van der Waals surface area (Å²) in [4.78, 5) is 22.4. The largest absolute Gasteiger partial charge is 0.457 e. The van der Waals surface area contributed by atoms with Crippen LogP contribution >= 0.6 is 0 Å². The molecule has 0 aliphatic heterocycles. The van der Waals surface area contributed by atoms with E-state index in [4.69, 9.17) is 9.47 Å². The van der Waals surface area contributed by atoms with Crippen LogP contribution in [0.4, 0.5) is 21.0 Å². The fourth-order valence-electron chi connectivity index (χ4n) is 2.42. The summed E-state index contributed by atoms with van der Waals surface area (Å²) < 4.78 is 20.8. The van der Waals surface area contributed by atoms with E-state index in [2.05, 4.69) is 20.1 Å². The monoisotopic (exact) mass is 408 g/mol. The molecule has 0 radical (unpaired) electrons. The molecule has 0 saturated heterocycles. The molecule has 0 aromatic heterocycles. The second-order valence-corrected chi connectivity index (χ2v) is 5.96. The van der Waals surface area contributed by atoms with Crippen LogP contribution in [0.5, 0.6) is 23.0 Å². The van der Waals surface area contributed by atoms with E-state index >= 15 is 0 Å². The third kappa shape index (κ3) is 5.90. The fraction of sp³-hybridized carbons (Fsp3) is 0.0909. The van der Waals surface area contributed by atoms with Crippen molar-refractivity contribution in [1.82, 2.24) is 0 Å². The molecule has 8 heteroatoms.